The number of rotatable bonds is 5. The molecule has 1 aromatic rings. The molecule has 3 heteroatoms. The summed E-state index contributed by atoms with van der Waals surface area (Å²) in [6, 6.07) is 8.91. The summed E-state index contributed by atoms with van der Waals surface area (Å²) in [7, 11) is 0. The zero-order valence-electron chi connectivity index (χ0n) is 10.1. The van der Waals surface area contributed by atoms with E-state index in [1.165, 1.54) is 31.4 Å². The molecule has 0 N–H and O–H groups in total. The molecule has 0 amide bonds. The number of nitriles is 1. The smallest absolute Gasteiger partial charge is 0.0992 e. The molecule has 0 radical (unpaired) electrons. The van der Waals surface area contributed by atoms with Crippen molar-refractivity contribution in [3.05, 3.63) is 28.2 Å². The average Bonchev–Trinajstić information content (AvgIpc) is 3.13. The molecule has 1 saturated carbocycles. The molecule has 0 saturated heterocycles. The van der Waals surface area contributed by atoms with Crippen molar-refractivity contribution in [2.45, 2.75) is 38.6 Å². The Bertz CT molecular complexity index is 432. The van der Waals surface area contributed by atoms with Crippen LogP contribution in [0.2, 0.25) is 0 Å². The number of halogens is 1. The van der Waals surface area contributed by atoms with E-state index in [2.05, 4.69) is 39.9 Å². The third kappa shape index (κ3) is 3.23. The van der Waals surface area contributed by atoms with Crippen LogP contribution in [0.4, 0.5) is 5.69 Å². The van der Waals surface area contributed by atoms with Gasteiger partial charge in [-0.15, -0.1) is 0 Å². The maximum absolute atomic E-state index is 9.01. The first-order chi connectivity index (χ1) is 8.24. The molecule has 0 aliphatic heterocycles. The number of nitrogens with zero attached hydrogens (tertiary/aromatic N) is 2. The molecule has 0 unspecified atom stereocenters. The second-order valence-corrected chi connectivity index (χ2v) is 5.50. The molecule has 0 bridgehead atoms. The summed E-state index contributed by atoms with van der Waals surface area (Å²) in [6.45, 7) is 3.31. The van der Waals surface area contributed by atoms with Gasteiger partial charge < -0.3 is 4.90 Å². The molecule has 0 atom stereocenters. The maximum Gasteiger partial charge on any atom is 0.0992 e. The van der Waals surface area contributed by atoms with E-state index in [0.29, 0.717) is 6.04 Å². The highest BCUT2D eigenvalue weighted by molar-refractivity contribution is 9.10. The van der Waals surface area contributed by atoms with Crippen LogP contribution < -0.4 is 4.90 Å². The summed E-state index contributed by atoms with van der Waals surface area (Å²) in [5.41, 5.74) is 1.92. The largest absolute Gasteiger partial charge is 0.368 e. The molecule has 2 rings (SSSR count). The second-order valence-electron chi connectivity index (χ2n) is 4.59. The fourth-order valence-corrected chi connectivity index (χ4v) is 2.52. The number of benzene rings is 1. The molecular weight excluding hydrogens is 276 g/mol. The summed E-state index contributed by atoms with van der Waals surface area (Å²) >= 11 is 3.48. The first-order valence-electron chi connectivity index (χ1n) is 6.22. The Morgan fingerprint density at radius 1 is 1.41 bits per heavy atom. The molecular formula is C14H17BrN2. The van der Waals surface area contributed by atoms with Crippen LogP contribution in [0.3, 0.4) is 0 Å². The average molecular weight is 293 g/mol. The van der Waals surface area contributed by atoms with E-state index in [1.54, 1.807) is 0 Å². The van der Waals surface area contributed by atoms with Gasteiger partial charge in [-0.25, -0.2) is 0 Å². The minimum Gasteiger partial charge on any atom is -0.368 e. The fourth-order valence-electron chi connectivity index (χ4n) is 2.04. The third-order valence-corrected chi connectivity index (χ3v) is 3.54. The van der Waals surface area contributed by atoms with Crippen LogP contribution in [0.15, 0.2) is 22.7 Å². The van der Waals surface area contributed by atoms with Crippen LogP contribution in [0, 0.1) is 11.3 Å². The van der Waals surface area contributed by atoms with E-state index in [1.807, 2.05) is 12.1 Å². The maximum atomic E-state index is 9.01. The summed E-state index contributed by atoms with van der Waals surface area (Å²) in [6.07, 6.45) is 5.00. The molecule has 1 aromatic carbocycles. The predicted octanol–water partition coefficient (Wildman–Crippen LogP) is 4.09. The van der Waals surface area contributed by atoms with Crippen molar-refractivity contribution >= 4 is 21.6 Å². The first-order valence-corrected chi connectivity index (χ1v) is 7.01. The van der Waals surface area contributed by atoms with E-state index in [9.17, 15) is 0 Å². The lowest BCUT2D eigenvalue weighted by Gasteiger charge is -2.25. The number of hydrogen-bond acceptors (Lipinski definition) is 2. The van der Waals surface area contributed by atoms with Gasteiger partial charge in [0.1, 0.15) is 0 Å². The standard InChI is InChI=1S/C14H17BrN2/c1-2-3-6-17(13-4-5-13)14-8-11(10-16)7-12(15)9-14/h7-9,13H,2-6H2,1H3. The summed E-state index contributed by atoms with van der Waals surface area (Å²) in [5, 5.41) is 9.01. The van der Waals surface area contributed by atoms with Gasteiger partial charge >= 0.3 is 0 Å². The van der Waals surface area contributed by atoms with Gasteiger partial charge in [0.15, 0.2) is 0 Å². The van der Waals surface area contributed by atoms with Crippen LogP contribution in [0.25, 0.3) is 0 Å². The topological polar surface area (TPSA) is 27.0 Å². The Morgan fingerprint density at radius 3 is 2.76 bits per heavy atom. The zero-order valence-corrected chi connectivity index (χ0v) is 11.7. The van der Waals surface area contributed by atoms with Crippen molar-refractivity contribution in [2.75, 3.05) is 11.4 Å². The van der Waals surface area contributed by atoms with Crippen molar-refractivity contribution in [1.82, 2.24) is 0 Å². The normalized spacial score (nSPS) is 14.4. The summed E-state index contributed by atoms with van der Waals surface area (Å²) < 4.78 is 0.994. The molecule has 17 heavy (non-hydrogen) atoms. The lowest BCUT2D eigenvalue weighted by Crippen LogP contribution is -2.26. The quantitative estimate of drug-likeness (QED) is 0.817. The molecule has 0 spiro atoms. The SMILES string of the molecule is CCCCN(c1cc(Br)cc(C#N)c1)C1CC1. The van der Waals surface area contributed by atoms with E-state index >= 15 is 0 Å². The molecule has 0 heterocycles. The summed E-state index contributed by atoms with van der Waals surface area (Å²) in [4.78, 5) is 2.45. The van der Waals surface area contributed by atoms with Crippen LogP contribution in [0.1, 0.15) is 38.2 Å². The molecule has 1 fully saturated rings. The Morgan fingerprint density at radius 2 is 2.18 bits per heavy atom. The minimum absolute atomic E-state index is 0.697. The Kier molecular flexibility index (Phi) is 4.06. The van der Waals surface area contributed by atoms with Gasteiger partial charge in [-0.2, -0.15) is 5.26 Å². The van der Waals surface area contributed by atoms with E-state index < -0.39 is 0 Å². The van der Waals surface area contributed by atoms with Crippen LogP contribution in [-0.4, -0.2) is 12.6 Å². The Labute approximate surface area is 111 Å². The van der Waals surface area contributed by atoms with Crippen LogP contribution >= 0.6 is 15.9 Å². The number of hydrogen-bond donors (Lipinski definition) is 0. The molecule has 1 aliphatic carbocycles. The third-order valence-electron chi connectivity index (χ3n) is 3.08. The number of unbranched alkanes of at least 4 members (excludes halogenated alkanes) is 1. The minimum atomic E-state index is 0.697. The van der Waals surface area contributed by atoms with E-state index in [-0.39, 0.29) is 0 Å². The second kappa shape index (κ2) is 5.55. The number of anilines is 1. The zero-order chi connectivity index (χ0) is 12.3. The van der Waals surface area contributed by atoms with Crippen molar-refractivity contribution in [1.29, 1.82) is 5.26 Å². The van der Waals surface area contributed by atoms with Gasteiger partial charge in [-0.1, -0.05) is 29.3 Å². The van der Waals surface area contributed by atoms with Gasteiger partial charge in [0.05, 0.1) is 11.6 Å². The van der Waals surface area contributed by atoms with Gasteiger partial charge in [-0.3, -0.25) is 0 Å². The van der Waals surface area contributed by atoms with Crippen LogP contribution in [-0.2, 0) is 0 Å². The van der Waals surface area contributed by atoms with Gasteiger partial charge in [0.2, 0.25) is 0 Å². The molecule has 2 nitrogen and oxygen atoms in total. The fraction of sp³-hybridized carbons (Fsp3) is 0.500. The van der Waals surface area contributed by atoms with Gasteiger partial charge in [0.25, 0.3) is 0 Å². The lowest BCUT2D eigenvalue weighted by molar-refractivity contribution is 0.713. The monoisotopic (exact) mass is 292 g/mol. The van der Waals surface area contributed by atoms with Crippen molar-refractivity contribution in [3.63, 3.8) is 0 Å². The van der Waals surface area contributed by atoms with Crippen molar-refractivity contribution in [3.8, 4) is 6.07 Å². The van der Waals surface area contributed by atoms with E-state index in [4.69, 9.17) is 5.26 Å². The summed E-state index contributed by atoms with van der Waals surface area (Å²) in [5.74, 6) is 0. The lowest BCUT2D eigenvalue weighted by atomic mass is 10.2. The van der Waals surface area contributed by atoms with Crippen LogP contribution in [0.5, 0.6) is 0 Å². The first kappa shape index (κ1) is 12.4. The predicted molar refractivity (Wildman–Crippen MR) is 74.1 cm³/mol. The highest BCUT2D eigenvalue weighted by atomic mass is 79.9. The molecule has 0 aromatic heterocycles. The molecule has 1 aliphatic rings. The van der Waals surface area contributed by atoms with Gasteiger partial charge in [-0.05, 0) is 37.5 Å². The van der Waals surface area contributed by atoms with Crippen molar-refractivity contribution < 1.29 is 0 Å². The van der Waals surface area contributed by atoms with E-state index in [0.717, 1.165) is 16.6 Å². The highest BCUT2D eigenvalue weighted by Crippen LogP contribution is 2.33. The Balaban J connectivity index is 2.22. The van der Waals surface area contributed by atoms with Gasteiger partial charge in [0, 0.05) is 22.7 Å². The Hall–Kier alpha value is -1.01. The van der Waals surface area contributed by atoms with Crippen molar-refractivity contribution in [2.24, 2.45) is 0 Å². The molecule has 90 valence electrons. The highest BCUT2D eigenvalue weighted by Gasteiger charge is 2.29.